The van der Waals surface area contributed by atoms with Gasteiger partial charge < -0.3 is 9.80 Å². The number of likely N-dealkylation sites (N-methyl/N-ethyl adjacent to an activating group) is 1. The number of hydrogen-bond acceptors (Lipinski definition) is 4. The highest BCUT2D eigenvalue weighted by molar-refractivity contribution is 7.89. The van der Waals surface area contributed by atoms with Crippen LogP contribution in [-0.4, -0.2) is 58.0 Å². The lowest BCUT2D eigenvalue weighted by molar-refractivity contribution is 0.300. The molecule has 0 fully saturated rings. The largest absolute Gasteiger partial charge is 0.304 e. The second-order valence-electron chi connectivity index (χ2n) is 6.20. The van der Waals surface area contributed by atoms with E-state index >= 15 is 0 Å². The van der Waals surface area contributed by atoms with Crippen molar-refractivity contribution in [3.05, 3.63) is 29.3 Å². The Morgan fingerprint density at radius 3 is 2.65 bits per heavy atom. The summed E-state index contributed by atoms with van der Waals surface area (Å²) in [5.74, 6) is 0. The van der Waals surface area contributed by atoms with Crippen LogP contribution < -0.4 is 4.72 Å². The topological polar surface area (TPSA) is 52.7 Å². The van der Waals surface area contributed by atoms with Crippen molar-refractivity contribution in [3.8, 4) is 0 Å². The van der Waals surface area contributed by atoms with Crippen LogP contribution in [0.5, 0.6) is 0 Å². The van der Waals surface area contributed by atoms with E-state index in [9.17, 15) is 8.42 Å². The second-order valence-corrected chi connectivity index (χ2v) is 7.96. The Morgan fingerprint density at radius 2 is 1.96 bits per heavy atom. The minimum Gasteiger partial charge on any atom is -0.304 e. The molecule has 1 heterocycles. The summed E-state index contributed by atoms with van der Waals surface area (Å²) in [5, 5.41) is 0. The van der Waals surface area contributed by atoms with E-state index in [-0.39, 0.29) is 0 Å². The van der Waals surface area contributed by atoms with Crippen LogP contribution in [0.25, 0.3) is 0 Å². The van der Waals surface area contributed by atoms with Crippen molar-refractivity contribution < 1.29 is 8.42 Å². The molecule has 23 heavy (non-hydrogen) atoms. The van der Waals surface area contributed by atoms with E-state index in [0.717, 1.165) is 51.1 Å². The van der Waals surface area contributed by atoms with Crippen molar-refractivity contribution in [1.29, 1.82) is 0 Å². The molecule has 1 aromatic rings. The molecule has 0 spiro atoms. The molecule has 1 aliphatic rings. The summed E-state index contributed by atoms with van der Waals surface area (Å²) in [6.07, 6.45) is 1.82. The monoisotopic (exact) mass is 339 g/mol. The number of sulfonamides is 1. The van der Waals surface area contributed by atoms with Crippen molar-refractivity contribution in [2.24, 2.45) is 0 Å². The molecule has 0 saturated carbocycles. The molecular formula is C17H29N3O2S. The smallest absolute Gasteiger partial charge is 0.240 e. The van der Waals surface area contributed by atoms with Gasteiger partial charge in [-0.1, -0.05) is 19.9 Å². The van der Waals surface area contributed by atoms with E-state index in [1.165, 1.54) is 5.56 Å². The Kier molecular flexibility index (Phi) is 6.59. The Labute approximate surface area is 140 Å². The molecule has 0 aromatic heterocycles. The quantitative estimate of drug-likeness (QED) is 0.732. The van der Waals surface area contributed by atoms with Crippen molar-refractivity contribution in [3.63, 3.8) is 0 Å². The lowest BCUT2D eigenvalue weighted by atomic mass is 10.0. The van der Waals surface area contributed by atoms with E-state index in [2.05, 4.69) is 35.4 Å². The summed E-state index contributed by atoms with van der Waals surface area (Å²) in [6.45, 7) is 9.50. The maximum absolute atomic E-state index is 12.4. The molecule has 0 bridgehead atoms. The zero-order valence-corrected chi connectivity index (χ0v) is 15.3. The number of nitrogens with zero attached hydrogens (tertiary/aromatic N) is 2. The number of benzene rings is 1. The molecule has 1 N–H and O–H groups in total. The fraction of sp³-hybridized carbons (Fsp3) is 0.647. The first kappa shape index (κ1) is 18.4. The van der Waals surface area contributed by atoms with E-state index in [4.69, 9.17) is 0 Å². The number of nitrogens with one attached hydrogen (secondary N) is 1. The lowest BCUT2D eigenvalue weighted by Crippen LogP contribution is -2.30. The first-order valence-corrected chi connectivity index (χ1v) is 9.97. The van der Waals surface area contributed by atoms with Crippen molar-refractivity contribution in [2.45, 2.75) is 38.1 Å². The van der Waals surface area contributed by atoms with Crippen LogP contribution in [0.3, 0.4) is 0 Å². The Balaban J connectivity index is 1.96. The predicted octanol–water partition coefficient (Wildman–Crippen LogP) is 1.68. The zero-order chi connectivity index (χ0) is 16.9. The Morgan fingerprint density at radius 1 is 1.22 bits per heavy atom. The van der Waals surface area contributed by atoms with Crippen molar-refractivity contribution in [2.75, 3.05) is 39.8 Å². The SMILES string of the molecule is CCN(CC)CCCNS(=O)(=O)c1ccc2c(c1)CN(C)CC2. The van der Waals surface area contributed by atoms with Crippen molar-refractivity contribution >= 4 is 10.0 Å². The van der Waals surface area contributed by atoms with E-state index < -0.39 is 10.0 Å². The predicted molar refractivity (Wildman–Crippen MR) is 94.1 cm³/mol. The highest BCUT2D eigenvalue weighted by Gasteiger charge is 2.18. The Bertz CT molecular complexity index is 612. The van der Waals surface area contributed by atoms with E-state index in [1.54, 1.807) is 6.07 Å². The fourth-order valence-electron chi connectivity index (χ4n) is 2.97. The maximum atomic E-state index is 12.4. The third-order valence-corrected chi connectivity index (χ3v) is 5.99. The van der Waals surface area contributed by atoms with E-state index in [1.807, 2.05) is 12.1 Å². The van der Waals surface area contributed by atoms with Gasteiger partial charge >= 0.3 is 0 Å². The van der Waals surface area contributed by atoms with Gasteiger partial charge in [-0.15, -0.1) is 0 Å². The van der Waals surface area contributed by atoms with Crippen LogP contribution in [0.2, 0.25) is 0 Å². The minimum absolute atomic E-state index is 0.384. The summed E-state index contributed by atoms with van der Waals surface area (Å²) >= 11 is 0. The van der Waals surface area contributed by atoms with Gasteiger partial charge in [0.25, 0.3) is 0 Å². The molecule has 1 aliphatic heterocycles. The van der Waals surface area contributed by atoms with Gasteiger partial charge in [0.15, 0.2) is 0 Å². The van der Waals surface area contributed by atoms with Gasteiger partial charge in [0.05, 0.1) is 4.90 Å². The van der Waals surface area contributed by atoms with Crippen LogP contribution >= 0.6 is 0 Å². The molecule has 2 rings (SSSR count). The minimum atomic E-state index is -3.41. The molecule has 130 valence electrons. The molecule has 0 atom stereocenters. The van der Waals surface area contributed by atoms with Crippen LogP contribution in [0.4, 0.5) is 0 Å². The molecule has 0 radical (unpaired) electrons. The third-order valence-electron chi connectivity index (χ3n) is 4.53. The highest BCUT2D eigenvalue weighted by Crippen LogP contribution is 2.21. The number of rotatable bonds is 8. The molecule has 6 heteroatoms. The number of hydrogen-bond donors (Lipinski definition) is 1. The van der Waals surface area contributed by atoms with Crippen LogP contribution in [0.15, 0.2) is 23.1 Å². The summed E-state index contributed by atoms with van der Waals surface area (Å²) in [7, 11) is -1.34. The van der Waals surface area contributed by atoms with Crippen molar-refractivity contribution in [1.82, 2.24) is 14.5 Å². The standard InChI is InChI=1S/C17H29N3O2S/c1-4-20(5-2)11-6-10-18-23(21,22)17-8-7-15-9-12-19(3)14-16(15)13-17/h7-8,13,18H,4-6,9-12,14H2,1-3H3. The molecule has 1 aromatic carbocycles. The van der Waals surface area contributed by atoms with Gasteiger partial charge in [0, 0.05) is 19.6 Å². The third kappa shape index (κ3) is 5.01. The normalized spacial score (nSPS) is 15.8. The molecular weight excluding hydrogens is 310 g/mol. The molecule has 0 amide bonds. The first-order chi connectivity index (χ1) is 11.0. The first-order valence-electron chi connectivity index (χ1n) is 8.48. The summed E-state index contributed by atoms with van der Waals surface area (Å²) in [6, 6.07) is 5.53. The molecule has 0 saturated heterocycles. The van der Waals surface area contributed by atoms with Gasteiger partial charge in [-0.2, -0.15) is 0 Å². The number of fused-ring (bicyclic) bond motifs is 1. The summed E-state index contributed by atoms with van der Waals surface area (Å²) in [5.41, 5.74) is 2.40. The van der Waals surface area contributed by atoms with Gasteiger partial charge in [-0.3, -0.25) is 0 Å². The average molecular weight is 340 g/mol. The van der Waals surface area contributed by atoms with Crippen LogP contribution in [-0.2, 0) is 23.0 Å². The summed E-state index contributed by atoms with van der Waals surface area (Å²) in [4.78, 5) is 4.90. The lowest BCUT2D eigenvalue weighted by Gasteiger charge is -2.25. The molecule has 0 aliphatic carbocycles. The highest BCUT2D eigenvalue weighted by atomic mass is 32.2. The van der Waals surface area contributed by atoms with Gasteiger partial charge in [-0.05, 0) is 62.8 Å². The average Bonchev–Trinajstić information content (AvgIpc) is 2.54. The zero-order valence-electron chi connectivity index (χ0n) is 14.5. The maximum Gasteiger partial charge on any atom is 0.240 e. The summed E-state index contributed by atoms with van der Waals surface area (Å²) < 4.78 is 27.6. The van der Waals surface area contributed by atoms with Crippen LogP contribution in [0, 0.1) is 0 Å². The van der Waals surface area contributed by atoms with Gasteiger partial charge in [0.2, 0.25) is 10.0 Å². The molecule has 5 nitrogen and oxygen atoms in total. The van der Waals surface area contributed by atoms with E-state index in [0.29, 0.717) is 11.4 Å². The van der Waals surface area contributed by atoms with Gasteiger partial charge in [0.1, 0.15) is 0 Å². The second kappa shape index (κ2) is 8.24. The van der Waals surface area contributed by atoms with Crippen LogP contribution in [0.1, 0.15) is 31.4 Å². The van der Waals surface area contributed by atoms with Gasteiger partial charge in [-0.25, -0.2) is 13.1 Å². The Hall–Kier alpha value is -0.950. The molecule has 0 unspecified atom stereocenters. The fourth-order valence-corrected chi connectivity index (χ4v) is 4.10.